The Bertz CT molecular complexity index is 2210. The van der Waals surface area contributed by atoms with E-state index >= 15 is 0 Å². The average molecular weight is 821 g/mol. The molecule has 1 aromatic heterocycles. The van der Waals surface area contributed by atoms with E-state index in [1.54, 1.807) is 30.5 Å². The molecule has 0 unspecified atom stereocenters. The molecule has 17 heteroatoms. The van der Waals surface area contributed by atoms with Gasteiger partial charge in [-0.3, -0.25) is 33.8 Å². The van der Waals surface area contributed by atoms with Crippen molar-refractivity contribution in [3.8, 4) is 5.75 Å². The molecular weight excluding hydrogens is 769 g/mol. The van der Waals surface area contributed by atoms with Crippen LogP contribution in [0.5, 0.6) is 5.75 Å². The summed E-state index contributed by atoms with van der Waals surface area (Å²) in [5.41, 5.74) is 14.0. The summed E-state index contributed by atoms with van der Waals surface area (Å²) in [6.07, 6.45) is 2.91. The van der Waals surface area contributed by atoms with Crippen LogP contribution in [0.3, 0.4) is 0 Å². The minimum atomic E-state index is -1.23. The summed E-state index contributed by atoms with van der Waals surface area (Å²) in [5, 5.41) is 24.8. The van der Waals surface area contributed by atoms with Crippen LogP contribution >= 0.6 is 0 Å². The van der Waals surface area contributed by atoms with E-state index in [1.807, 2.05) is 42.5 Å². The zero-order valence-corrected chi connectivity index (χ0v) is 33.4. The zero-order valence-electron chi connectivity index (χ0n) is 33.4. The maximum absolute atomic E-state index is 14.6. The highest BCUT2D eigenvalue weighted by atomic mass is 16.3. The van der Waals surface area contributed by atoms with Gasteiger partial charge >= 0.3 is 0 Å². The number of H-pyrrole nitrogens is 1. The minimum Gasteiger partial charge on any atom is -0.508 e. The van der Waals surface area contributed by atoms with Crippen LogP contribution in [0.2, 0.25) is 0 Å². The van der Waals surface area contributed by atoms with Crippen molar-refractivity contribution >= 4 is 52.3 Å². The fraction of sp³-hybridized carbons (Fsp3) is 0.372. The number of aromatic nitrogens is 1. The lowest BCUT2D eigenvalue weighted by atomic mass is 10.0. The lowest BCUT2D eigenvalue weighted by Crippen LogP contribution is -2.61. The number of rotatable bonds is 10. The number of aliphatic imine (C=N–C) groups is 1. The SMILES string of the molecule is C[C@@H]1NC(=O)[C@H](Cc2ccccc2)NC(=O)[C@H]2CCCN2C(=O)[C@H](Cc2ccc(O)cc2)NC(=O)[C@H](CCCN=C(N)N)NC(=O)[C@H](Cc2c[nH]c3ccccc23)NC1=O. The summed E-state index contributed by atoms with van der Waals surface area (Å²) in [4.78, 5) is 93.9. The Morgan fingerprint density at radius 2 is 1.30 bits per heavy atom. The van der Waals surface area contributed by atoms with Crippen molar-refractivity contribution < 1.29 is 33.9 Å². The van der Waals surface area contributed by atoms with Gasteiger partial charge < -0.3 is 53.0 Å². The van der Waals surface area contributed by atoms with Gasteiger partial charge in [0.25, 0.3) is 0 Å². The summed E-state index contributed by atoms with van der Waals surface area (Å²) in [5.74, 6) is -3.93. The number of benzene rings is 3. The monoisotopic (exact) mass is 820 g/mol. The van der Waals surface area contributed by atoms with Gasteiger partial charge in [-0.1, -0.05) is 60.7 Å². The maximum atomic E-state index is 14.6. The van der Waals surface area contributed by atoms with E-state index in [-0.39, 0.29) is 56.9 Å². The number of fused-ring (bicyclic) bond motifs is 2. The molecule has 0 saturated carbocycles. The zero-order chi connectivity index (χ0) is 42.8. The highest BCUT2D eigenvalue weighted by molar-refractivity contribution is 5.99. The third kappa shape index (κ3) is 11.0. The number of aromatic amines is 1. The van der Waals surface area contributed by atoms with Crippen molar-refractivity contribution in [1.29, 1.82) is 0 Å². The van der Waals surface area contributed by atoms with Gasteiger partial charge in [0.05, 0.1) is 0 Å². The number of phenols is 1. The van der Waals surface area contributed by atoms with Crippen LogP contribution in [0.4, 0.5) is 0 Å². The number of guanidine groups is 1. The van der Waals surface area contributed by atoms with Crippen LogP contribution in [0.15, 0.2) is 90.1 Å². The molecule has 3 aromatic carbocycles. The van der Waals surface area contributed by atoms with Gasteiger partial charge in [0.2, 0.25) is 35.4 Å². The van der Waals surface area contributed by atoms with Crippen molar-refractivity contribution in [1.82, 2.24) is 36.5 Å². The summed E-state index contributed by atoms with van der Waals surface area (Å²) in [6, 6.07) is 15.7. The standard InChI is InChI=1S/C43H52N10O7/c1-25-37(55)50-34(23-28-24-47-31-12-6-5-11-30(28)31)40(58)49-32(13-7-19-46-43(44)45)38(56)52-35(22-27-15-17-29(54)18-16-27)42(60)53-20-8-14-36(53)41(59)51-33(39(57)48-25)21-26-9-3-2-4-10-26/h2-6,9-12,15-18,24-25,32-36,47,54H,7-8,13-14,19-23H2,1H3,(H,48,57)(H,49,58)(H,50,55)(H,51,59)(H,52,56)(H4,44,45,46)/t25-,32-,33-,34-,35-,36+/m0/s1. The van der Waals surface area contributed by atoms with E-state index in [1.165, 1.54) is 24.0 Å². The number of hydrogen-bond donors (Lipinski definition) is 9. The van der Waals surface area contributed by atoms with Crippen molar-refractivity contribution in [3.05, 3.63) is 102 Å². The molecule has 0 aliphatic carbocycles. The number of amides is 6. The number of nitrogens with one attached hydrogen (secondary N) is 6. The smallest absolute Gasteiger partial charge is 0.246 e. The van der Waals surface area contributed by atoms with Crippen molar-refractivity contribution in [2.45, 2.75) is 88.1 Å². The molecule has 2 fully saturated rings. The largest absolute Gasteiger partial charge is 0.508 e. The predicted octanol–water partition coefficient (Wildman–Crippen LogP) is 0.404. The minimum absolute atomic E-state index is 0.00952. The Hall–Kier alpha value is -6.91. The van der Waals surface area contributed by atoms with Crippen LogP contribution in [0.1, 0.15) is 49.3 Å². The van der Waals surface area contributed by atoms with Crippen LogP contribution in [-0.4, -0.2) is 106 Å². The number of nitrogens with two attached hydrogens (primary N) is 2. The Labute approximate surface area is 347 Å². The van der Waals surface area contributed by atoms with Crippen molar-refractivity contribution in [3.63, 3.8) is 0 Å². The first-order valence-corrected chi connectivity index (χ1v) is 20.1. The number of hydrogen-bond acceptors (Lipinski definition) is 8. The Morgan fingerprint density at radius 3 is 2.05 bits per heavy atom. The molecule has 2 saturated heterocycles. The predicted molar refractivity (Wildman–Crippen MR) is 224 cm³/mol. The molecule has 2 aliphatic heterocycles. The lowest BCUT2D eigenvalue weighted by molar-refractivity contribution is -0.142. The maximum Gasteiger partial charge on any atom is 0.246 e. The number of nitrogens with zero attached hydrogens (tertiary/aromatic N) is 2. The van der Waals surface area contributed by atoms with E-state index in [0.29, 0.717) is 24.0 Å². The van der Waals surface area contributed by atoms with Crippen LogP contribution in [0.25, 0.3) is 10.9 Å². The molecule has 6 rings (SSSR count). The second-order valence-corrected chi connectivity index (χ2v) is 15.2. The first kappa shape index (κ1) is 42.7. The fourth-order valence-corrected chi connectivity index (χ4v) is 7.62. The van der Waals surface area contributed by atoms with Gasteiger partial charge in [-0.15, -0.1) is 0 Å². The molecule has 17 nitrogen and oxygen atoms in total. The van der Waals surface area contributed by atoms with Gasteiger partial charge in [0.1, 0.15) is 42.0 Å². The highest BCUT2D eigenvalue weighted by Crippen LogP contribution is 2.22. The molecule has 6 amide bonds. The third-order valence-electron chi connectivity index (χ3n) is 10.8. The summed E-state index contributed by atoms with van der Waals surface area (Å²) >= 11 is 0. The molecule has 0 radical (unpaired) electrons. The Balaban J connectivity index is 1.38. The van der Waals surface area contributed by atoms with Gasteiger partial charge in [0.15, 0.2) is 5.96 Å². The number of carbonyl (C=O) groups excluding carboxylic acids is 6. The lowest BCUT2D eigenvalue weighted by Gasteiger charge is -2.31. The Kier molecular flexibility index (Phi) is 14.0. The molecule has 4 aromatic rings. The Morgan fingerprint density at radius 1 is 0.700 bits per heavy atom. The van der Waals surface area contributed by atoms with Gasteiger partial charge in [-0.25, -0.2) is 0 Å². The van der Waals surface area contributed by atoms with E-state index in [4.69, 9.17) is 11.5 Å². The summed E-state index contributed by atoms with van der Waals surface area (Å²) in [6.45, 7) is 1.82. The van der Waals surface area contributed by atoms with Crippen molar-refractivity contribution in [2.24, 2.45) is 16.5 Å². The van der Waals surface area contributed by atoms with Crippen LogP contribution in [0, 0.1) is 0 Å². The second kappa shape index (κ2) is 19.7. The number of carbonyl (C=O) groups is 6. The quantitative estimate of drug-likeness (QED) is 0.0609. The average Bonchev–Trinajstić information content (AvgIpc) is 3.89. The second-order valence-electron chi connectivity index (χ2n) is 15.2. The molecule has 3 heterocycles. The molecule has 60 heavy (non-hydrogen) atoms. The molecule has 0 bridgehead atoms. The molecule has 316 valence electrons. The first-order chi connectivity index (χ1) is 28.9. The number of aromatic hydroxyl groups is 1. The van der Waals surface area contributed by atoms with Crippen molar-refractivity contribution in [2.75, 3.05) is 13.1 Å². The molecular formula is C43H52N10O7. The molecule has 6 atom stereocenters. The number of para-hydroxylation sites is 1. The van der Waals surface area contributed by atoms with Gasteiger partial charge in [-0.2, -0.15) is 0 Å². The topological polar surface area (TPSA) is 266 Å². The van der Waals surface area contributed by atoms with Gasteiger partial charge in [0, 0.05) is 49.5 Å². The third-order valence-corrected chi connectivity index (χ3v) is 10.8. The van der Waals surface area contributed by atoms with E-state index in [0.717, 1.165) is 16.5 Å². The molecule has 0 spiro atoms. The normalized spacial score (nSPS) is 23.3. The van der Waals surface area contributed by atoms with Crippen LogP contribution in [-0.2, 0) is 48.0 Å². The fourth-order valence-electron chi connectivity index (χ4n) is 7.62. The van der Waals surface area contributed by atoms with E-state index < -0.39 is 71.7 Å². The van der Waals surface area contributed by atoms with Gasteiger partial charge in [-0.05, 0) is 67.5 Å². The molecule has 11 N–H and O–H groups in total. The number of phenolic OH excluding ortho intramolecular Hbond substituents is 1. The summed E-state index contributed by atoms with van der Waals surface area (Å²) in [7, 11) is 0. The van der Waals surface area contributed by atoms with Crippen LogP contribution < -0.4 is 38.1 Å². The van der Waals surface area contributed by atoms with E-state index in [9.17, 15) is 33.9 Å². The highest BCUT2D eigenvalue weighted by Gasteiger charge is 2.40. The van der Waals surface area contributed by atoms with E-state index in [2.05, 4.69) is 36.6 Å². The summed E-state index contributed by atoms with van der Waals surface area (Å²) < 4.78 is 0. The first-order valence-electron chi connectivity index (χ1n) is 20.1. The molecule has 2 aliphatic rings.